The Morgan fingerprint density at radius 2 is 1.94 bits per heavy atom. The van der Waals surface area contributed by atoms with Crippen molar-refractivity contribution in [3.8, 4) is 11.3 Å². The van der Waals surface area contributed by atoms with Crippen LogP contribution in [-0.2, 0) is 27.9 Å². The first-order chi connectivity index (χ1) is 15.0. The number of aromatic nitrogens is 2. The van der Waals surface area contributed by atoms with E-state index in [9.17, 15) is 9.59 Å². The van der Waals surface area contributed by atoms with Gasteiger partial charge in [-0.2, -0.15) is 5.10 Å². The number of carbonyl (C=O) groups excluding carboxylic acids is 2. The Bertz CT molecular complexity index is 904. The second-order valence-corrected chi connectivity index (χ2v) is 8.42. The van der Waals surface area contributed by atoms with Crippen LogP contribution in [0.2, 0.25) is 0 Å². The number of nitrogens with zero attached hydrogens (tertiary/aromatic N) is 3. The third-order valence-corrected chi connectivity index (χ3v) is 6.43. The molecule has 3 heterocycles. The van der Waals surface area contributed by atoms with E-state index in [4.69, 9.17) is 10.5 Å². The first-order valence-electron chi connectivity index (χ1n) is 11.0. The van der Waals surface area contributed by atoms with Crippen molar-refractivity contribution >= 4 is 11.8 Å². The molecule has 2 aliphatic heterocycles. The van der Waals surface area contributed by atoms with Gasteiger partial charge in [0.2, 0.25) is 11.8 Å². The van der Waals surface area contributed by atoms with Crippen LogP contribution in [0.4, 0.5) is 0 Å². The molecule has 2 amide bonds. The average molecular weight is 426 g/mol. The van der Waals surface area contributed by atoms with E-state index in [2.05, 4.69) is 10.4 Å². The van der Waals surface area contributed by atoms with E-state index in [1.165, 1.54) is 0 Å². The van der Waals surface area contributed by atoms with E-state index in [0.29, 0.717) is 32.7 Å². The monoisotopic (exact) mass is 425 g/mol. The van der Waals surface area contributed by atoms with Gasteiger partial charge in [-0.15, -0.1) is 0 Å². The molecule has 8 heteroatoms. The molecule has 2 fully saturated rings. The largest absolute Gasteiger partial charge is 0.381 e. The molecule has 1 aromatic heterocycles. The minimum absolute atomic E-state index is 0.106. The minimum Gasteiger partial charge on any atom is -0.381 e. The maximum atomic E-state index is 13.0. The summed E-state index contributed by atoms with van der Waals surface area (Å²) in [5.74, 6) is -0.0886. The Hall–Kier alpha value is -2.71. The lowest BCUT2D eigenvalue weighted by molar-refractivity contribution is -0.141. The quantitative estimate of drug-likeness (QED) is 0.729. The number of likely N-dealkylation sites (tertiary alicyclic amines) is 1. The fraction of sp³-hybridized carbons (Fsp3) is 0.522. The van der Waals surface area contributed by atoms with E-state index in [0.717, 1.165) is 36.1 Å². The molecule has 2 atom stereocenters. The maximum Gasteiger partial charge on any atom is 0.243 e. The van der Waals surface area contributed by atoms with Gasteiger partial charge in [0, 0.05) is 39.5 Å². The Kier molecular flexibility index (Phi) is 6.67. The molecule has 4 rings (SSSR count). The van der Waals surface area contributed by atoms with Crippen LogP contribution in [0.3, 0.4) is 0 Å². The van der Waals surface area contributed by atoms with Gasteiger partial charge in [-0.05, 0) is 48.8 Å². The van der Waals surface area contributed by atoms with E-state index in [1.54, 1.807) is 11.1 Å². The van der Waals surface area contributed by atoms with Crippen LogP contribution in [0, 0.1) is 5.92 Å². The van der Waals surface area contributed by atoms with Gasteiger partial charge >= 0.3 is 0 Å². The number of aryl methyl sites for hydroxylation is 1. The number of nitrogens with two attached hydrogens (primary N) is 1. The second-order valence-electron chi connectivity index (χ2n) is 8.42. The summed E-state index contributed by atoms with van der Waals surface area (Å²) in [4.78, 5) is 27.5. The highest BCUT2D eigenvalue weighted by atomic mass is 16.5. The molecule has 2 unspecified atom stereocenters. The second kappa shape index (κ2) is 9.62. The maximum absolute atomic E-state index is 13.0. The molecule has 0 aliphatic carbocycles. The lowest BCUT2D eigenvalue weighted by Gasteiger charge is -2.32. The Morgan fingerprint density at radius 1 is 1.19 bits per heavy atom. The zero-order valence-corrected chi connectivity index (χ0v) is 18.0. The third kappa shape index (κ3) is 4.80. The molecule has 1 aromatic carbocycles. The van der Waals surface area contributed by atoms with Crippen molar-refractivity contribution in [1.29, 1.82) is 0 Å². The highest BCUT2D eigenvalue weighted by Gasteiger charge is 2.38. The van der Waals surface area contributed by atoms with Gasteiger partial charge in [0.1, 0.15) is 6.04 Å². The number of nitrogens with one attached hydrogen (secondary N) is 1. The fourth-order valence-electron chi connectivity index (χ4n) is 4.53. The summed E-state index contributed by atoms with van der Waals surface area (Å²) in [6.45, 7) is 2.31. The van der Waals surface area contributed by atoms with Crippen LogP contribution in [0.15, 0.2) is 36.5 Å². The van der Waals surface area contributed by atoms with Gasteiger partial charge in [0.05, 0.1) is 11.7 Å². The van der Waals surface area contributed by atoms with Gasteiger partial charge in [-0.3, -0.25) is 14.3 Å². The van der Waals surface area contributed by atoms with E-state index >= 15 is 0 Å². The van der Waals surface area contributed by atoms with Crippen molar-refractivity contribution in [2.45, 2.75) is 44.3 Å². The van der Waals surface area contributed by atoms with Crippen LogP contribution < -0.4 is 11.1 Å². The normalized spacial score (nSPS) is 20.6. The number of benzene rings is 1. The molecule has 0 saturated carbocycles. The molecule has 0 spiro atoms. The molecule has 3 N–H and O–H groups in total. The van der Waals surface area contributed by atoms with Crippen molar-refractivity contribution in [2.24, 2.45) is 18.7 Å². The first kappa shape index (κ1) is 21.5. The summed E-state index contributed by atoms with van der Waals surface area (Å²) in [5, 5.41) is 7.19. The topological polar surface area (TPSA) is 102 Å². The molecule has 2 saturated heterocycles. The summed E-state index contributed by atoms with van der Waals surface area (Å²) < 4.78 is 7.20. The molecular formula is C23H31N5O3. The fourth-order valence-corrected chi connectivity index (χ4v) is 4.53. The van der Waals surface area contributed by atoms with Crippen molar-refractivity contribution in [1.82, 2.24) is 20.0 Å². The zero-order chi connectivity index (χ0) is 21.8. The molecule has 31 heavy (non-hydrogen) atoms. The predicted octanol–water partition coefficient (Wildman–Crippen LogP) is 1.45. The molecule has 2 aliphatic rings. The summed E-state index contributed by atoms with van der Waals surface area (Å²) in [7, 11) is 1.91. The van der Waals surface area contributed by atoms with Gasteiger partial charge in [0.25, 0.3) is 0 Å². The van der Waals surface area contributed by atoms with E-state index in [-0.39, 0.29) is 17.7 Å². The van der Waals surface area contributed by atoms with Crippen LogP contribution in [0.25, 0.3) is 11.3 Å². The Labute approximate surface area is 182 Å². The van der Waals surface area contributed by atoms with Crippen LogP contribution in [0.5, 0.6) is 0 Å². The summed E-state index contributed by atoms with van der Waals surface area (Å²) in [5.41, 5.74) is 9.40. The smallest absolute Gasteiger partial charge is 0.243 e. The number of carbonyl (C=O) groups is 2. The lowest BCUT2D eigenvalue weighted by Crippen LogP contribution is -2.53. The van der Waals surface area contributed by atoms with Gasteiger partial charge in [-0.25, -0.2) is 0 Å². The van der Waals surface area contributed by atoms with Gasteiger partial charge in [0.15, 0.2) is 0 Å². The first-order valence-corrected chi connectivity index (χ1v) is 11.0. The van der Waals surface area contributed by atoms with E-state index in [1.807, 2.05) is 42.1 Å². The number of hydrogen-bond donors (Lipinski definition) is 2. The summed E-state index contributed by atoms with van der Waals surface area (Å²) in [6, 6.07) is 9.02. The molecule has 0 bridgehead atoms. The van der Waals surface area contributed by atoms with Crippen molar-refractivity contribution in [2.75, 3.05) is 19.8 Å². The van der Waals surface area contributed by atoms with Crippen LogP contribution in [0.1, 0.15) is 31.2 Å². The Balaban J connectivity index is 1.33. The highest BCUT2D eigenvalue weighted by Crippen LogP contribution is 2.24. The van der Waals surface area contributed by atoms with Crippen molar-refractivity contribution in [3.05, 3.63) is 42.1 Å². The molecule has 8 nitrogen and oxygen atoms in total. The van der Waals surface area contributed by atoms with E-state index < -0.39 is 12.1 Å². The minimum atomic E-state index is -0.558. The van der Waals surface area contributed by atoms with Crippen LogP contribution in [-0.4, -0.2) is 58.3 Å². The lowest BCUT2D eigenvalue weighted by atomic mass is 9.91. The molecule has 2 aromatic rings. The Morgan fingerprint density at radius 3 is 2.61 bits per heavy atom. The number of amides is 2. The van der Waals surface area contributed by atoms with Crippen molar-refractivity contribution in [3.63, 3.8) is 0 Å². The highest BCUT2D eigenvalue weighted by molar-refractivity contribution is 5.90. The van der Waals surface area contributed by atoms with Crippen molar-refractivity contribution < 1.29 is 14.3 Å². The standard InChI is InChI=1S/C23H31N5O3/c1-27-19(8-11-26-27)17-6-4-16(5-7-17)15-25-22(29)20-3-2-12-28(20)23(30)21(24)18-9-13-31-14-10-18/h4-8,11,18,20-21H,2-3,9-10,12-15,24H2,1H3,(H,25,29). The number of hydrogen-bond acceptors (Lipinski definition) is 5. The number of rotatable bonds is 6. The summed E-state index contributed by atoms with van der Waals surface area (Å²) in [6.07, 6.45) is 4.87. The van der Waals surface area contributed by atoms with Gasteiger partial charge < -0.3 is 20.7 Å². The SMILES string of the molecule is Cn1nccc1-c1ccc(CNC(=O)C2CCCN2C(=O)C(N)C2CCOCC2)cc1. The number of ether oxygens (including phenoxy) is 1. The zero-order valence-electron chi connectivity index (χ0n) is 18.0. The molecular weight excluding hydrogens is 394 g/mol. The average Bonchev–Trinajstić information content (AvgIpc) is 3.47. The summed E-state index contributed by atoms with van der Waals surface area (Å²) >= 11 is 0. The third-order valence-electron chi connectivity index (χ3n) is 6.43. The predicted molar refractivity (Wildman–Crippen MR) is 117 cm³/mol. The van der Waals surface area contributed by atoms with Crippen LogP contribution >= 0.6 is 0 Å². The molecule has 0 radical (unpaired) electrons. The van der Waals surface area contributed by atoms with Gasteiger partial charge in [-0.1, -0.05) is 24.3 Å². The molecule has 166 valence electrons.